The van der Waals surface area contributed by atoms with E-state index in [9.17, 15) is 4.79 Å². The third kappa shape index (κ3) is 6.56. The molecular weight excluding hydrogens is 268 g/mol. The van der Waals surface area contributed by atoms with Crippen LogP contribution < -0.4 is 10.6 Å². The summed E-state index contributed by atoms with van der Waals surface area (Å²) >= 11 is 0. The van der Waals surface area contributed by atoms with E-state index in [4.69, 9.17) is 4.74 Å². The first-order valence-electron chi connectivity index (χ1n) is 6.66. The summed E-state index contributed by atoms with van der Waals surface area (Å²) in [5, 5.41) is 5.73. The topological polar surface area (TPSA) is 75.1 Å². The Morgan fingerprint density at radius 2 is 1.86 bits per heavy atom. The van der Waals surface area contributed by atoms with Gasteiger partial charge in [-0.2, -0.15) is 0 Å². The first kappa shape index (κ1) is 16.7. The van der Waals surface area contributed by atoms with Gasteiger partial charge in [0.2, 0.25) is 5.96 Å². The van der Waals surface area contributed by atoms with Crippen molar-refractivity contribution in [2.45, 2.75) is 33.3 Å². The highest BCUT2D eigenvalue weighted by molar-refractivity contribution is 5.98. The number of benzene rings is 1. The number of hydrogen-bond acceptors (Lipinski definition) is 3. The third-order valence-corrected chi connectivity index (χ3v) is 2.23. The molecule has 0 aromatic heterocycles. The number of anilines is 2. The number of carbonyl (C=O) groups excluding carboxylic acids is 1. The number of carbonyl (C=O) groups is 1. The van der Waals surface area contributed by atoms with E-state index < -0.39 is 11.7 Å². The van der Waals surface area contributed by atoms with Crippen LogP contribution in [0.5, 0.6) is 0 Å². The van der Waals surface area contributed by atoms with Gasteiger partial charge in [-0.15, -0.1) is 0 Å². The van der Waals surface area contributed by atoms with Gasteiger partial charge in [-0.3, -0.25) is 10.3 Å². The van der Waals surface area contributed by atoms with Crippen LogP contribution in [0.1, 0.15) is 27.7 Å². The van der Waals surface area contributed by atoms with E-state index in [0.29, 0.717) is 11.6 Å². The fourth-order valence-electron chi connectivity index (χ4n) is 1.49. The van der Waals surface area contributed by atoms with E-state index in [1.165, 1.54) is 0 Å². The van der Waals surface area contributed by atoms with Crippen LogP contribution in [0.3, 0.4) is 0 Å². The monoisotopic (exact) mass is 290 g/mol. The molecule has 0 fully saturated rings. The van der Waals surface area contributed by atoms with Crippen molar-refractivity contribution in [1.82, 2.24) is 0 Å². The number of aliphatic imine (C=N–C) groups is 2. The van der Waals surface area contributed by atoms with Crippen LogP contribution in [0.15, 0.2) is 34.3 Å². The summed E-state index contributed by atoms with van der Waals surface area (Å²) in [6.07, 6.45) is 1.16. The smallest absolute Gasteiger partial charge is 0.412 e. The predicted molar refractivity (Wildman–Crippen MR) is 87.4 cm³/mol. The van der Waals surface area contributed by atoms with Crippen LogP contribution >= 0.6 is 0 Å². The van der Waals surface area contributed by atoms with E-state index in [1.54, 1.807) is 25.4 Å². The molecule has 1 amide bonds. The van der Waals surface area contributed by atoms with Gasteiger partial charge >= 0.3 is 6.09 Å². The molecule has 114 valence electrons. The second-order valence-electron chi connectivity index (χ2n) is 5.27. The van der Waals surface area contributed by atoms with Crippen LogP contribution in [-0.2, 0) is 4.74 Å². The van der Waals surface area contributed by atoms with E-state index in [2.05, 4.69) is 20.6 Å². The number of rotatable bonds is 2. The normalized spacial score (nSPS) is 12.3. The number of nitrogens with one attached hydrogen (secondary N) is 2. The Balaban J connectivity index is 2.75. The van der Waals surface area contributed by atoms with Crippen molar-refractivity contribution in [3.63, 3.8) is 0 Å². The van der Waals surface area contributed by atoms with E-state index >= 15 is 0 Å². The lowest BCUT2D eigenvalue weighted by atomic mass is 10.2. The van der Waals surface area contributed by atoms with Crippen molar-refractivity contribution in [2.24, 2.45) is 9.98 Å². The molecule has 6 heteroatoms. The van der Waals surface area contributed by atoms with Crippen molar-refractivity contribution < 1.29 is 9.53 Å². The first-order valence-corrected chi connectivity index (χ1v) is 6.66. The molecule has 1 aromatic carbocycles. The van der Waals surface area contributed by atoms with Crippen molar-refractivity contribution >= 4 is 29.6 Å². The van der Waals surface area contributed by atoms with Crippen LogP contribution in [-0.4, -0.2) is 30.9 Å². The minimum atomic E-state index is -0.530. The van der Waals surface area contributed by atoms with Crippen molar-refractivity contribution in [3.05, 3.63) is 24.3 Å². The Morgan fingerprint density at radius 1 is 1.24 bits per heavy atom. The predicted octanol–water partition coefficient (Wildman–Crippen LogP) is 3.52. The highest BCUT2D eigenvalue weighted by atomic mass is 16.6. The van der Waals surface area contributed by atoms with Crippen LogP contribution in [0.25, 0.3) is 0 Å². The summed E-state index contributed by atoms with van der Waals surface area (Å²) in [4.78, 5) is 19.8. The fraction of sp³-hybridized carbons (Fsp3) is 0.400. The number of guanidine groups is 1. The molecule has 0 heterocycles. The molecule has 0 aliphatic rings. The second-order valence-corrected chi connectivity index (χ2v) is 5.27. The zero-order valence-electron chi connectivity index (χ0n) is 13.1. The van der Waals surface area contributed by atoms with Crippen LogP contribution in [0.4, 0.5) is 16.2 Å². The summed E-state index contributed by atoms with van der Waals surface area (Å²) < 4.78 is 5.20. The Kier molecular flexibility index (Phi) is 5.90. The van der Waals surface area contributed by atoms with E-state index in [-0.39, 0.29) is 0 Å². The molecule has 0 saturated heterocycles. The Bertz CT molecular complexity index is 545. The van der Waals surface area contributed by atoms with Gasteiger partial charge in [0.25, 0.3) is 0 Å². The third-order valence-electron chi connectivity index (χ3n) is 2.23. The van der Waals surface area contributed by atoms with Crippen LogP contribution in [0.2, 0.25) is 0 Å². The molecule has 6 nitrogen and oxygen atoms in total. The number of amides is 1. The quantitative estimate of drug-likeness (QED) is 0.646. The Labute approximate surface area is 125 Å². The molecule has 0 aliphatic heterocycles. The van der Waals surface area contributed by atoms with Gasteiger partial charge in [-0.25, -0.2) is 9.79 Å². The lowest BCUT2D eigenvalue weighted by molar-refractivity contribution is 0.0636. The van der Waals surface area contributed by atoms with Gasteiger partial charge < -0.3 is 10.1 Å². The molecule has 2 N–H and O–H groups in total. The highest BCUT2D eigenvalue weighted by Gasteiger charge is 2.16. The molecule has 0 saturated carbocycles. The Morgan fingerprint density at radius 3 is 2.38 bits per heavy atom. The standard InChI is InChI=1S/C15H22N4O2/c1-6-17-13(16-5)18-11-8-7-9-12(10-11)19-14(20)21-15(2,3)4/h6-10H,1-5H3,(H,16,18)(H,19,20). The fourth-order valence-corrected chi connectivity index (χ4v) is 1.49. The van der Waals surface area contributed by atoms with Gasteiger partial charge in [-0.1, -0.05) is 6.07 Å². The van der Waals surface area contributed by atoms with Crippen LogP contribution in [0, 0.1) is 0 Å². The molecule has 1 rings (SSSR count). The van der Waals surface area contributed by atoms with Crippen molar-refractivity contribution in [3.8, 4) is 0 Å². The SMILES string of the molecule is CC=NC(=NC)Nc1cccc(NC(=O)OC(C)(C)C)c1. The molecule has 0 spiro atoms. The van der Waals surface area contributed by atoms with Gasteiger partial charge in [0.05, 0.1) is 0 Å². The minimum absolute atomic E-state index is 0.490. The molecule has 0 aliphatic carbocycles. The van der Waals surface area contributed by atoms with E-state index in [1.807, 2.05) is 39.8 Å². The van der Waals surface area contributed by atoms with E-state index in [0.717, 1.165) is 5.69 Å². The number of ether oxygens (including phenoxy) is 1. The van der Waals surface area contributed by atoms with Gasteiger partial charge in [0.1, 0.15) is 5.60 Å². The summed E-state index contributed by atoms with van der Waals surface area (Å²) in [6, 6.07) is 7.23. The van der Waals surface area contributed by atoms with Gasteiger partial charge in [0.15, 0.2) is 0 Å². The molecule has 0 atom stereocenters. The van der Waals surface area contributed by atoms with Crippen molar-refractivity contribution in [2.75, 3.05) is 17.7 Å². The Hall–Kier alpha value is -2.37. The summed E-state index contributed by atoms with van der Waals surface area (Å²) in [6.45, 7) is 7.26. The molecule has 0 bridgehead atoms. The maximum absolute atomic E-state index is 11.7. The summed E-state index contributed by atoms with van der Waals surface area (Å²) in [5.74, 6) is 0.493. The average Bonchev–Trinajstić information content (AvgIpc) is 2.36. The molecule has 1 aromatic rings. The van der Waals surface area contributed by atoms with Gasteiger partial charge in [0, 0.05) is 24.6 Å². The molecule has 21 heavy (non-hydrogen) atoms. The van der Waals surface area contributed by atoms with Gasteiger partial charge in [-0.05, 0) is 45.9 Å². The van der Waals surface area contributed by atoms with Crippen molar-refractivity contribution in [1.29, 1.82) is 0 Å². The average molecular weight is 290 g/mol. The zero-order valence-corrected chi connectivity index (χ0v) is 13.1. The maximum Gasteiger partial charge on any atom is 0.412 e. The zero-order chi connectivity index (χ0) is 15.9. The summed E-state index contributed by atoms with van der Waals surface area (Å²) in [5.41, 5.74) is 0.873. The lowest BCUT2D eigenvalue weighted by Crippen LogP contribution is -2.27. The second kappa shape index (κ2) is 7.42. The lowest BCUT2D eigenvalue weighted by Gasteiger charge is -2.19. The highest BCUT2D eigenvalue weighted by Crippen LogP contribution is 2.17. The number of hydrogen-bond donors (Lipinski definition) is 2. The maximum atomic E-state index is 11.7. The molecule has 0 unspecified atom stereocenters. The molecular formula is C15H22N4O2. The molecule has 0 radical (unpaired) electrons. The first-order chi connectivity index (χ1) is 9.84. The minimum Gasteiger partial charge on any atom is -0.444 e. The summed E-state index contributed by atoms with van der Waals surface area (Å²) in [7, 11) is 1.65. The number of nitrogens with zero attached hydrogens (tertiary/aromatic N) is 2. The largest absolute Gasteiger partial charge is 0.444 e.